The molecule has 2 rings (SSSR count). The molecule has 0 aromatic heterocycles. The van der Waals surface area contributed by atoms with Crippen molar-refractivity contribution in [2.24, 2.45) is 5.92 Å². The molecule has 2 aromatic carbocycles. The zero-order valence-electron chi connectivity index (χ0n) is 17.2. The first kappa shape index (κ1) is 21.7. The van der Waals surface area contributed by atoms with Crippen LogP contribution in [0.1, 0.15) is 64.6 Å². The smallest absolute Gasteiger partial charge is 0.194 e. The maximum Gasteiger partial charge on any atom is 0.194 e. The molecule has 0 saturated carbocycles. The van der Waals surface area contributed by atoms with Gasteiger partial charge in [-0.25, -0.2) is 0 Å². The molecular weight excluding hydrogens is 353 g/mol. The first-order valence-electron chi connectivity index (χ1n) is 9.89. The molecule has 0 spiro atoms. The topological polar surface area (TPSA) is 49.3 Å². The molecule has 4 unspecified atom stereocenters. The van der Waals surface area contributed by atoms with Crippen LogP contribution in [0.25, 0.3) is 0 Å². The first-order valence-corrected chi connectivity index (χ1v) is 11.3. The van der Waals surface area contributed by atoms with Crippen molar-refractivity contribution in [2.45, 2.75) is 64.6 Å². The third-order valence-electron chi connectivity index (χ3n) is 5.21. The Kier molecular flexibility index (Phi) is 7.70. The van der Waals surface area contributed by atoms with Crippen LogP contribution < -0.4 is 5.32 Å². The summed E-state index contributed by atoms with van der Waals surface area (Å²) >= 11 is 0. The van der Waals surface area contributed by atoms with Crippen molar-refractivity contribution in [3.8, 4) is 0 Å². The van der Waals surface area contributed by atoms with Gasteiger partial charge in [0.2, 0.25) is 0 Å². The molecule has 0 fully saturated rings. The molecule has 0 bridgehead atoms. The minimum absolute atomic E-state index is 0.0549. The van der Waals surface area contributed by atoms with E-state index in [1.165, 1.54) is 5.56 Å². The molecule has 0 amide bonds. The van der Waals surface area contributed by atoms with Crippen LogP contribution in [0.5, 0.6) is 0 Å². The standard InChI is InChI=1S/C23H34NO2P/c1-6-11-17(2)22(27(25)26)21(18-12-8-7-9-13-18)24-20-15-10-14-19(16-20)23(3,4)5/h7-10,12-17,21-22,24,27H,6,11H2,1-5H3,(H,25,26). The Morgan fingerprint density at radius 3 is 2.30 bits per heavy atom. The quantitative estimate of drug-likeness (QED) is 0.515. The largest absolute Gasteiger partial charge is 0.377 e. The van der Waals surface area contributed by atoms with E-state index in [-0.39, 0.29) is 23.0 Å². The van der Waals surface area contributed by atoms with Gasteiger partial charge in [0.15, 0.2) is 8.03 Å². The molecule has 148 valence electrons. The van der Waals surface area contributed by atoms with Gasteiger partial charge in [0.25, 0.3) is 0 Å². The van der Waals surface area contributed by atoms with Crippen molar-refractivity contribution in [3.05, 3.63) is 65.7 Å². The Balaban J connectivity index is 2.43. The van der Waals surface area contributed by atoms with Crippen LogP contribution in [-0.4, -0.2) is 10.6 Å². The molecule has 2 N–H and O–H groups in total. The summed E-state index contributed by atoms with van der Waals surface area (Å²) in [5.41, 5.74) is 3.04. The van der Waals surface area contributed by atoms with Crippen LogP contribution in [0.3, 0.4) is 0 Å². The highest BCUT2D eigenvalue weighted by atomic mass is 31.1. The van der Waals surface area contributed by atoms with E-state index < -0.39 is 8.03 Å². The maximum absolute atomic E-state index is 12.4. The van der Waals surface area contributed by atoms with Gasteiger partial charge >= 0.3 is 0 Å². The lowest BCUT2D eigenvalue weighted by molar-refractivity contribution is 0.410. The molecule has 0 saturated heterocycles. The number of anilines is 1. The summed E-state index contributed by atoms with van der Waals surface area (Å²) in [6.07, 6.45) is 1.95. The SMILES string of the molecule is CCCC(C)C(C(Nc1cccc(C(C)(C)C)c1)c1ccccc1)[PH](=O)O. The molecule has 0 aliphatic heterocycles. The number of hydrogen-bond acceptors (Lipinski definition) is 2. The summed E-state index contributed by atoms with van der Waals surface area (Å²) in [5, 5.41) is 3.59. The molecule has 2 aromatic rings. The van der Waals surface area contributed by atoms with Crippen LogP contribution in [-0.2, 0) is 9.98 Å². The Morgan fingerprint density at radius 1 is 1.07 bits per heavy atom. The second kappa shape index (κ2) is 9.57. The summed E-state index contributed by atoms with van der Waals surface area (Å²) < 4.78 is 12.4. The average Bonchev–Trinajstić information content (AvgIpc) is 2.61. The molecule has 3 nitrogen and oxygen atoms in total. The summed E-state index contributed by atoms with van der Waals surface area (Å²) in [6.45, 7) is 10.8. The third kappa shape index (κ3) is 5.96. The van der Waals surface area contributed by atoms with Crippen LogP contribution in [0.15, 0.2) is 54.6 Å². The molecule has 4 heteroatoms. The van der Waals surface area contributed by atoms with Crippen molar-refractivity contribution in [3.63, 3.8) is 0 Å². The molecule has 27 heavy (non-hydrogen) atoms. The molecule has 0 radical (unpaired) electrons. The molecule has 0 aliphatic rings. The Labute approximate surface area is 165 Å². The minimum atomic E-state index is -2.71. The van der Waals surface area contributed by atoms with Gasteiger partial charge in [0, 0.05) is 5.69 Å². The zero-order chi connectivity index (χ0) is 20.0. The highest BCUT2D eigenvalue weighted by Crippen LogP contribution is 2.42. The van der Waals surface area contributed by atoms with E-state index in [4.69, 9.17) is 0 Å². The van der Waals surface area contributed by atoms with Gasteiger partial charge in [0.1, 0.15) is 0 Å². The van der Waals surface area contributed by atoms with E-state index in [9.17, 15) is 9.46 Å². The summed E-state index contributed by atoms with van der Waals surface area (Å²) in [7, 11) is -2.71. The number of benzene rings is 2. The van der Waals surface area contributed by atoms with Crippen molar-refractivity contribution in [1.29, 1.82) is 0 Å². The Morgan fingerprint density at radius 2 is 1.74 bits per heavy atom. The molecule has 0 heterocycles. The highest BCUT2D eigenvalue weighted by molar-refractivity contribution is 7.39. The van der Waals surface area contributed by atoms with Gasteiger partial charge in [-0.1, -0.05) is 89.9 Å². The molecule has 4 atom stereocenters. The number of rotatable bonds is 8. The van der Waals surface area contributed by atoms with Crippen LogP contribution in [0.2, 0.25) is 0 Å². The lowest BCUT2D eigenvalue weighted by atomic mass is 9.86. The van der Waals surface area contributed by atoms with E-state index >= 15 is 0 Å². The second-order valence-electron chi connectivity index (χ2n) is 8.49. The zero-order valence-corrected chi connectivity index (χ0v) is 18.2. The van der Waals surface area contributed by atoms with Crippen LogP contribution in [0, 0.1) is 5.92 Å². The number of nitrogens with one attached hydrogen (secondary N) is 1. The fourth-order valence-electron chi connectivity index (χ4n) is 3.65. The summed E-state index contributed by atoms with van der Waals surface area (Å²) in [5.74, 6) is 0.162. The normalized spacial score (nSPS) is 16.4. The van der Waals surface area contributed by atoms with Gasteiger partial charge in [-0.15, -0.1) is 0 Å². The summed E-state index contributed by atoms with van der Waals surface area (Å²) in [4.78, 5) is 10.2. The van der Waals surface area contributed by atoms with Crippen molar-refractivity contribution >= 4 is 13.7 Å². The minimum Gasteiger partial charge on any atom is -0.377 e. The van der Waals surface area contributed by atoms with Crippen molar-refractivity contribution < 1.29 is 9.46 Å². The van der Waals surface area contributed by atoms with Crippen LogP contribution in [0.4, 0.5) is 5.69 Å². The second-order valence-corrected chi connectivity index (χ2v) is 9.84. The monoisotopic (exact) mass is 387 g/mol. The third-order valence-corrected chi connectivity index (χ3v) is 6.68. The maximum atomic E-state index is 12.4. The fourth-order valence-corrected chi connectivity index (χ4v) is 4.86. The highest BCUT2D eigenvalue weighted by Gasteiger charge is 2.32. The van der Waals surface area contributed by atoms with Crippen LogP contribution >= 0.6 is 8.03 Å². The van der Waals surface area contributed by atoms with E-state index in [0.717, 1.165) is 24.1 Å². The number of hydrogen-bond donors (Lipinski definition) is 2. The van der Waals surface area contributed by atoms with E-state index in [0.29, 0.717) is 0 Å². The van der Waals surface area contributed by atoms with Crippen molar-refractivity contribution in [1.82, 2.24) is 0 Å². The summed E-state index contributed by atoms with van der Waals surface area (Å²) in [6, 6.07) is 18.2. The molecule has 0 aliphatic carbocycles. The van der Waals surface area contributed by atoms with E-state index in [1.54, 1.807) is 0 Å². The van der Waals surface area contributed by atoms with Crippen molar-refractivity contribution in [2.75, 3.05) is 5.32 Å². The molecular formula is C23H34NO2P. The lowest BCUT2D eigenvalue weighted by Crippen LogP contribution is -2.29. The lowest BCUT2D eigenvalue weighted by Gasteiger charge is -2.32. The fraction of sp³-hybridized carbons (Fsp3) is 0.478. The van der Waals surface area contributed by atoms with Gasteiger partial charge in [-0.3, -0.25) is 4.57 Å². The van der Waals surface area contributed by atoms with E-state index in [2.05, 4.69) is 58.1 Å². The van der Waals surface area contributed by atoms with E-state index in [1.807, 2.05) is 36.4 Å². The first-order chi connectivity index (χ1) is 12.7. The van der Waals surface area contributed by atoms with Gasteiger partial charge in [-0.05, 0) is 34.6 Å². The Hall–Kier alpha value is -1.57. The predicted octanol–water partition coefficient (Wildman–Crippen LogP) is 6.41. The predicted molar refractivity (Wildman–Crippen MR) is 117 cm³/mol. The average molecular weight is 388 g/mol. The van der Waals surface area contributed by atoms with Gasteiger partial charge in [-0.2, -0.15) is 0 Å². The van der Waals surface area contributed by atoms with Gasteiger partial charge in [0.05, 0.1) is 11.7 Å². The van der Waals surface area contributed by atoms with Gasteiger partial charge < -0.3 is 10.2 Å². The Bertz CT molecular complexity index is 740.